The lowest BCUT2D eigenvalue weighted by molar-refractivity contribution is 0.586. The van der Waals surface area contributed by atoms with Gasteiger partial charge in [-0.05, 0) is 38.5 Å². The first-order valence-electron chi connectivity index (χ1n) is 5.19. The smallest absolute Gasteiger partial charge is 0.180 e. The molecule has 0 heterocycles. The summed E-state index contributed by atoms with van der Waals surface area (Å²) in [6.07, 6.45) is 0. The zero-order valence-electron chi connectivity index (χ0n) is 9.77. The molecule has 3 N–H and O–H groups in total. The molecule has 1 aromatic carbocycles. The van der Waals surface area contributed by atoms with E-state index in [-0.39, 0.29) is 6.04 Å². The van der Waals surface area contributed by atoms with Crippen molar-refractivity contribution in [1.82, 2.24) is 5.43 Å². The van der Waals surface area contributed by atoms with E-state index < -0.39 is 15.1 Å². The van der Waals surface area contributed by atoms with Crippen molar-refractivity contribution in [3.05, 3.63) is 29.8 Å². The molecule has 0 aliphatic rings. The van der Waals surface area contributed by atoms with Crippen molar-refractivity contribution in [3.8, 4) is 0 Å². The van der Waals surface area contributed by atoms with Crippen molar-refractivity contribution in [2.75, 3.05) is 0 Å². The van der Waals surface area contributed by atoms with Crippen molar-refractivity contribution < 1.29 is 8.42 Å². The van der Waals surface area contributed by atoms with Crippen molar-refractivity contribution in [1.29, 1.82) is 0 Å². The molecule has 5 heteroatoms. The summed E-state index contributed by atoms with van der Waals surface area (Å²) in [7, 11) is -3.18. The summed E-state index contributed by atoms with van der Waals surface area (Å²) in [6.45, 7) is 5.26. The van der Waals surface area contributed by atoms with Crippen LogP contribution in [0, 0.1) is 0 Å². The van der Waals surface area contributed by atoms with Gasteiger partial charge in [0.15, 0.2) is 9.84 Å². The van der Waals surface area contributed by atoms with Crippen molar-refractivity contribution >= 4 is 9.84 Å². The third-order valence-corrected chi connectivity index (χ3v) is 4.75. The largest absolute Gasteiger partial charge is 0.271 e. The molecule has 0 radical (unpaired) electrons. The summed E-state index contributed by atoms with van der Waals surface area (Å²) < 4.78 is 23.7. The molecule has 0 fully saturated rings. The molecule has 0 aliphatic carbocycles. The van der Waals surface area contributed by atoms with E-state index in [1.165, 1.54) is 0 Å². The minimum absolute atomic E-state index is 0.0100. The molecule has 0 bridgehead atoms. The molecule has 0 aliphatic heterocycles. The molecular formula is C11H18N2O2S. The molecular weight excluding hydrogens is 224 g/mol. The molecule has 0 saturated heterocycles. The maximum Gasteiger partial charge on any atom is 0.180 e. The number of sulfone groups is 1. The van der Waals surface area contributed by atoms with Gasteiger partial charge < -0.3 is 0 Å². The highest BCUT2D eigenvalue weighted by Gasteiger charge is 2.18. The van der Waals surface area contributed by atoms with Crippen molar-refractivity contribution in [2.45, 2.75) is 37.0 Å². The van der Waals surface area contributed by atoms with Gasteiger partial charge in [0.05, 0.1) is 10.1 Å². The molecule has 0 amide bonds. The summed E-state index contributed by atoms with van der Waals surface area (Å²) in [6, 6.07) is 6.81. The van der Waals surface area contributed by atoms with Crippen LogP contribution in [0.1, 0.15) is 32.4 Å². The maximum absolute atomic E-state index is 11.8. The van der Waals surface area contributed by atoms with Gasteiger partial charge in [0.25, 0.3) is 0 Å². The minimum Gasteiger partial charge on any atom is -0.271 e. The number of hydrogen-bond donors (Lipinski definition) is 2. The molecule has 1 unspecified atom stereocenters. The maximum atomic E-state index is 11.8. The van der Waals surface area contributed by atoms with Crippen LogP contribution in [0.5, 0.6) is 0 Å². The topological polar surface area (TPSA) is 72.2 Å². The third kappa shape index (κ3) is 2.61. The Morgan fingerprint density at radius 3 is 2.00 bits per heavy atom. The third-order valence-electron chi connectivity index (χ3n) is 2.58. The molecule has 90 valence electrons. The lowest BCUT2D eigenvalue weighted by Gasteiger charge is -2.12. The molecule has 0 aromatic heterocycles. The Bertz CT molecular complexity index is 438. The van der Waals surface area contributed by atoms with Crippen LogP contribution < -0.4 is 11.3 Å². The first kappa shape index (κ1) is 13.2. The van der Waals surface area contributed by atoms with Gasteiger partial charge >= 0.3 is 0 Å². The van der Waals surface area contributed by atoms with E-state index in [1.807, 2.05) is 6.92 Å². The summed E-state index contributed by atoms with van der Waals surface area (Å²) in [5.74, 6) is 5.31. The fraction of sp³-hybridized carbons (Fsp3) is 0.455. The fourth-order valence-electron chi connectivity index (χ4n) is 1.31. The SMILES string of the molecule is CC(NN)c1ccc(S(=O)(=O)C(C)C)cc1. The van der Waals surface area contributed by atoms with Gasteiger partial charge in [-0.1, -0.05) is 12.1 Å². The van der Waals surface area contributed by atoms with Gasteiger partial charge in [0, 0.05) is 6.04 Å². The average Bonchev–Trinajstić information content (AvgIpc) is 2.28. The number of benzene rings is 1. The average molecular weight is 242 g/mol. The molecule has 1 atom stereocenters. The summed E-state index contributed by atoms with van der Waals surface area (Å²) in [5, 5.41) is -0.400. The van der Waals surface area contributed by atoms with Crippen LogP contribution >= 0.6 is 0 Å². The normalized spacial score (nSPS) is 14.1. The predicted molar refractivity (Wildman–Crippen MR) is 64.5 cm³/mol. The first-order valence-corrected chi connectivity index (χ1v) is 6.74. The Morgan fingerprint density at radius 1 is 1.12 bits per heavy atom. The zero-order chi connectivity index (χ0) is 12.3. The Hall–Kier alpha value is -0.910. The van der Waals surface area contributed by atoms with Crippen LogP contribution in [-0.2, 0) is 9.84 Å². The summed E-state index contributed by atoms with van der Waals surface area (Å²) >= 11 is 0. The van der Waals surface area contributed by atoms with Crippen LogP contribution in [0.2, 0.25) is 0 Å². The second-order valence-corrected chi connectivity index (χ2v) is 6.56. The van der Waals surface area contributed by atoms with Crippen LogP contribution in [0.15, 0.2) is 29.2 Å². The Balaban J connectivity index is 3.05. The van der Waals surface area contributed by atoms with Crippen molar-refractivity contribution in [3.63, 3.8) is 0 Å². The van der Waals surface area contributed by atoms with E-state index in [0.29, 0.717) is 4.90 Å². The van der Waals surface area contributed by atoms with E-state index in [4.69, 9.17) is 5.84 Å². The van der Waals surface area contributed by atoms with E-state index in [9.17, 15) is 8.42 Å². The number of rotatable bonds is 4. The number of nitrogens with two attached hydrogens (primary N) is 1. The van der Waals surface area contributed by atoms with Crippen LogP contribution in [-0.4, -0.2) is 13.7 Å². The van der Waals surface area contributed by atoms with Crippen LogP contribution in [0.25, 0.3) is 0 Å². The van der Waals surface area contributed by atoms with Crippen LogP contribution in [0.4, 0.5) is 0 Å². The molecule has 0 spiro atoms. The summed E-state index contributed by atoms with van der Waals surface area (Å²) in [4.78, 5) is 0.357. The highest BCUT2D eigenvalue weighted by molar-refractivity contribution is 7.92. The molecule has 16 heavy (non-hydrogen) atoms. The lowest BCUT2D eigenvalue weighted by atomic mass is 10.1. The van der Waals surface area contributed by atoms with Crippen LogP contribution in [0.3, 0.4) is 0 Å². The fourth-order valence-corrected chi connectivity index (χ4v) is 2.37. The van der Waals surface area contributed by atoms with Gasteiger partial charge in [-0.3, -0.25) is 11.3 Å². The Labute approximate surface area is 96.7 Å². The quantitative estimate of drug-likeness (QED) is 0.618. The molecule has 1 rings (SSSR count). The highest BCUT2D eigenvalue weighted by atomic mass is 32.2. The number of nitrogens with one attached hydrogen (secondary N) is 1. The Kier molecular flexibility index (Phi) is 4.07. The predicted octanol–water partition coefficient (Wildman–Crippen LogP) is 1.39. The van der Waals surface area contributed by atoms with E-state index in [2.05, 4.69) is 5.43 Å². The lowest BCUT2D eigenvalue weighted by Crippen LogP contribution is -2.25. The van der Waals surface area contributed by atoms with Gasteiger partial charge in [0.1, 0.15) is 0 Å². The number of hydrogen-bond acceptors (Lipinski definition) is 4. The molecule has 0 saturated carbocycles. The van der Waals surface area contributed by atoms with Crippen molar-refractivity contribution in [2.24, 2.45) is 5.84 Å². The molecule has 4 nitrogen and oxygen atoms in total. The number of hydrazine groups is 1. The van der Waals surface area contributed by atoms with E-state index in [1.54, 1.807) is 38.1 Å². The van der Waals surface area contributed by atoms with Gasteiger partial charge in [-0.15, -0.1) is 0 Å². The van der Waals surface area contributed by atoms with E-state index >= 15 is 0 Å². The molecule has 1 aromatic rings. The Morgan fingerprint density at radius 2 is 1.62 bits per heavy atom. The minimum atomic E-state index is -3.18. The van der Waals surface area contributed by atoms with E-state index in [0.717, 1.165) is 5.56 Å². The standard InChI is InChI=1S/C11H18N2O2S/c1-8(2)16(14,15)11-6-4-10(5-7-11)9(3)13-12/h4-9,13H,12H2,1-3H3. The highest BCUT2D eigenvalue weighted by Crippen LogP contribution is 2.19. The zero-order valence-corrected chi connectivity index (χ0v) is 10.6. The van der Waals surface area contributed by atoms with Gasteiger partial charge in [-0.2, -0.15) is 0 Å². The monoisotopic (exact) mass is 242 g/mol. The summed E-state index contributed by atoms with van der Waals surface area (Å²) in [5.41, 5.74) is 3.58. The first-order chi connectivity index (χ1) is 7.39. The van der Waals surface area contributed by atoms with Gasteiger partial charge in [0.2, 0.25) is 0 Å². The van der Waals surface area contributed by atoms with Gasteiger partial charge in [-0.25, -0.2) is 8.42 Å². The second-order valence-electron chi connectivity index (χ2n) is 4.05. The second kappa shape index (κ2) is 4.95.